The Kier molecular flexibility index (Phi) is 4.71. The molecule has 0 aliphatic carbocycles. The average molecular weight is 387 g/mol. The van der Waals surface area contributed by atoms with Crippen LogP contribution in [0.3, 0.4) is 0 Å². The molecule has 24 heavy (non-hydrogen) atoms. The molecule has 0 atom stereocenters. The van der Waals surface area contributed by atoms with Crippen molar-refractivity contribution < 1.29 is 9.26 Å². The molecule has 0 radical (unpaired) electrons. The van der Waals surface area contributed by atoms with E-state index in [1.807, 2.05) is 36.4 Å². The van der Waals surface area contributed by atoms with Gasteiger partial charge in [-0.3, -0.25) is 0 Å². The number of nitrogens with zero attached hydrogens (tertiary/aromatic N) is 2. The predicted octanol–water partition coefficient (Wildman–Crippen LogP) is 5.38. The van der Waals surface area contributed by atoms with E-state index in [-0.39, 0.29) is 12.0 Å². The highest BCUT2D eigenvalue weighted by molar-refractivity contribution is 9.10. The van der Waals surface area contributed by atoms with E-state index in [0.29, 0.717) is 11.7 Å². The third-order valence-electron chi connectivity index (χ3n) is 3.65. The summed E-state index contributed by atoms with van der Waals surface area (Å²) in [5.74, 6) is 1.79. The van der Waals surface area contributed by atoms with Gasteiger partial charge in [-0.2, -0.15) is 4.98 Å². The maximum Gasteiger partial charge on any atom is 0.264 e. The van der Waals surface area contributed by atoms with Crippen LogP contribution in [0, 0.1) is 0 Å². The first kappa shape index (κ1) is 16.7. The van der Waals surface area contributed by atoms with E-state index in [1.165, 1.54) is 5.56 Å². The Balaban J connectivity index is 1.64. The van der Waals surface area contributed by atoms with Gasteiger partial charge < -0.3 is 9.26 Å². The van der Waals surface area contributed by atoms with Crippen LogP contribution >= 0.6 is 15.9 Å². The molecule has 0 unspecified atom stereocenters. The molecule has 0 saturated carbocycles. The largest absolute Gasteiger partial charge is 0.484 e. The van der Waals surface area contributed by atoms with Gasteiger partial charge in [0.05, 0.1) is 0 Å². The minimum Gasteiger partial charge on any atom is -0.484 e. The van der Waals surface area contributed by atoms with Gasteiger partial charge in [0.2, 0.25) is 5.82 Å². The van der Waals surface area contributed by atoms with Gasteiger partial charge in [0.25, 0.3) is 5.89 Å². The fourth-order valence-corrected chi connectivity index (χ4v) is 2.49. The molecule has 0 saturated heterocycles. The Morgan fingerprint density at radius 2 is 1.67 bits per heavy atom. The summed E-state index contributed by atoms with van der Waals surface area (Å²) >= 11 is 3.41. The molecule has 1 aromatic heterocycles. The molecule has 0 aliphatic heterocycles. The van der Waals surface area contributed by atoms with Gasteiger partial charge in [0.15, 0.2) is 6.61 Å². The summed E-state index contributed by atoms with van der Waals surface area (Å²) in [7, 11) is 0. The van der Waals surface area contributed by atoms with Crippen molar-refractivity contribution in [3.05, 3.63) is 64.5 Å². The maximum absolute atomic E-state index is 5.72. The van der Waals surface area contributed by atoms with E-state index in [0.717, 1.165) is 15.8 Å². The van der Waals surface area contributed by atoms with E-state index >= 15 is 0 Å². The Hall–Kier alpha value is -2.14. The number of halogens is 1. The van der Waals surface area contributed by atoms with E-state index in [4.69, 9.17) is 9.26 Å². The number of benzene rings is 2. The molecule has 3 aromatic rings. The fraction of sp³-hybridized carbons (Fsp3) is 0.263. The quantitative estimate of drug-likeness (QED) is 0.604. The Morgan fingerprint density at radius 1 is 1.00 bits per heavy atom. The number of ether oxygens (including phenoxy) is 1. The highest BCUT2D eigenvalue weighted by Crippen LogP contribution is 2.25. The molecule has 0 amide bonds. The Morgan fingerprint density at radius 3 is 2.29 bits per heavy atom. The van der Waals surface area contributed by atoms with Crippen molar-refractivity contribution >= 4 is 15.9 Å². The van der Waals surface area contributed by atoms with Crippen molar-refractivity contribution in [2.45, 2.75) is 32.8 Å². The third-order valence-corrected chi connectivity index (χ3v) is 4.18. The zero-order valence-corrected chi connectivity index (χ0v) is 15.5. The second-order valence-corrected chi connectivity index (χ2v) is 7.50. The second kappa shape index (κ2) is 6.77. The summed E-state index contributed by atoms with van der Waals surface area (Å²) < 4.78 is 12.0. The van der Waals surface area contributed by atoms with Crippen LogP contribution in [0.1, 0.15) is 32.2 Å². The number of hydrogen-bond donors (Lipinski definition) is 0. The number of hydrogen-bond acceptors (Lipinski definition) is 4. The van der Waals surface area contributed by atoms with Crippen molar-refractivity contribution in [2.24, 2.45) is 0 Å². The first-order valence-corrected chi connectivity index (χ1v) is 8.53. The zero-order valence-electron chi connectivity index (χ0n) is 13.9. The lowest BCUT2D eigenvalue weighted by atomic mass is 9.87. The maximum atomic E-state index is 5.72. The molecule has 4 nitrogen and oxygen atoms in total. The van der Waals surface area contributed by atoms with E-state index in [2.05, 4.69) is 59.0 Å². The van der Waals surface area contributed by atoms with Gasteiger partial charge in [-0.1, -0.05) is 54.0 Å². The van der Waals surface area contributed by atoms with Gasteiger partial charge in [0, 0.05) is 10.0 Å². The molecule has 124 valence electrons. The topological polar surface area (TPSA) is 48.2 Å². The number of aromatic nitrogens is 2. The van der Waals surface area contributed by atoms with Gasteiger partial charge in [0.1, 0.15) is 5.75 Å². The minimum atomic E-state index is 0.130. The van der Waals surface area contributed by atoms with Crippen molar-refractivity contribution in [3.8, 4) is 17.1 Å². The van der Waals surface area contributed by atoms with E-state index in [9.17, 15) is 0 Å². The fourth-order valence-electron chi connectivity index (χ4n) is 2.23. The monoisotopic (exact) mass is 386 g/mol. The van der Waals surface area contributed by atoms with Gasteiger partial charge >= 0.3 is 0 Å². The molecular weight excluding hydrogens is 368 g/mol. The SMILES string of the molecule is CC(C)(C)c1ccc(OCc2nc(-c3ccc(Br)cc3)no2)cc1. The summed E-state index contributed by atoms with van der Waals surface area (Å²) in [5, 5.41) is 3.99. The van der Waals surface area contributed by atoms with Crippen molar-refractivity contribution in [2.75, 3.05) is 0 Å². The minimum absolute atomic E-state index is 0.130. The second-order valence-electron chi connectivity index (χ2n) is 6.58. The molecule has 0 spiro atoms. The van der Waals surface area contributed by atoms with Crippen molar-refractivity contribution in [1.29, 1.82) is 0 Å². The van der Waals surface area contributed by atoms with Crippen molar-refractivity contribution in [3.63, 3.8) is 0 Å². The van der Waals surface area contributed by atoms with Gasteiger partial charge in [-0.25, -0.2) is 0 Å². The summed E-state index contributed by atoms with van der Waals surface area (Å²) in [6, 6.07) is 15.8. The van der Waals surface area contributed by atoms with Gasteiger partial charge in [-0.15, -0.1) is 0 Å². The zero-order chi connectivity index (χ0) is 17.2. The standard InChI is InChI=1S/C19H19BrN2O2/c1-19(2,3)14-6-10-16(11-7-14)23-12-17-21-18(22-24-17)13-4-8-15(20)9-5-13/h4-11H,12H2,1-3H3. The van der Waals surface area contributed by atoms with Crippen LogP contribution in [0.4, 0.5) is 0 Å². The first-order valence-electron chi connectivity index (χ1n) is 7.74. The lowest BCUT2D eigenvalue weighted by Gasteiger charge is -2.19. The summed E-state index contributed by atoms with van der Waals surface area (Å²) in [4.78, 5) is 4.36. The van der Waals surface area contributed by atoms with Gasteiger partial charge in [-0.05, 0) is 47.4 Å². The van der Waals surface area contributed by atoms with Crippen LogP contribution in [0.25, 0.3) is 11.4 Å². The van der Waals surface area contributed by atoms with Crippen LogP contribution < -0.4 is 4.74 Å². The molecule has 0 fully saturated rings. The molecule has 0 bridgehead atoms. The molecular formula is C19H19BrN2O2. The molecule has 3 rings (SSSR count). The third kappa shape index (κ3) is 4.03. The van der Waals surface area contributed by atoms with Crippen molar-refractivity contribution in [1.82, 2.24) is 10.1 Å². The average Bonchev–Trinajstić information content (AvgIpc) is 3.02. The van der Waals surface area contributed by atoms with E-state index in [1.54, 1.807) is 0 Å². The highest BCUT2D eigenvalue weighted by Gasteiger charge is 2.13. The normalized spacial score (nSPS) is 11.5. The predicted molar refractivity (Wildman–Crippen MR) is 96.9 cm³/mol. The smallest absolute Gasteiger partial charge is 0.264 e. The van der Waals surface area contributed by atoms with Crippen LogP contribution in [0.5, 0.6) is 5.75 Å². The molecule has 2 aromatic carbocycles. The Labute approximate surface area is 150 Å². The lowest BCUT2D eigenvalue weighted by molar-refractivity contribution is 0.243. The molecule has 0 aliphatic rings. The number of rotatable bonds is 4. The summed E-state index contributed by atoms with van der Waals surface area (Å²) in [6.45, 7) is 6.80. The summed E-state index contributed by atoms with van der Waals surface area (Å²) in [5.41, 5.74) is 2.30. The van der Waals surface area contributed by atoms with Crippen LogP contribution in [-0.4, -0.2) is 10.1 Å². The van der Waals surface area contributed by atoms with Crippen LogP contribution in [0.15, 0.2) is 57.5 Å². The lowest BCUT2D eigenvalue weighted by Crippen LogP contribution is -2.10. The van der Waals surface area contributed by atoms with Crippen LogP contribution in [0.2, 0.25) is 0 Å². The molecule has 1 heterocycles. The highest BCUT2D eigenvalue weighted by atomic mass is 79.9. The molecule has 0 N–H and O–H groups in total. The van der Waals surface area contributed by atoms with Crippen LogP contribution in [-0.2, 0) is 12.0 Å². The first-order chi connectivity index (χ1) is 11.4. The molecule has 5 heteroatoms. The Bertz CT molecular complexity index is 803. The van der Waals surface area contributed by atoms with E-state index < -0.39 is 0 Å². The summed E-state index contributed by atoms with van der Waals surface area (Å²) in [6.07, 6.45) is 0.